The van der Waals surface area contributed by atoms with E-state index in [2.05, 4.69) is 5.32 Å². The predicted octanol–water partition coefficient (Wildman–Crippen LogP) is 6.54. The molecule has 8 heteroatoms. The molecule has 3 rings (SSSR count). The highest BCUT2D eigenvalue weighted by Crippen LogP contribution is 2.37. The fourth-order valence-corrected chi connectivity index (χ4v) is 2.49. The van der Waals surface area contributed by atoms with Crippen LogP contribution in [0.25, 0.3) is 0 Å². The number of nitrogens with one attached hydrogen (secondary N) is 1. The molecule has 0 radical (unpaired) electrons. The van der Waals surface area contributed by atoms with Crippen LogP contribution in [0.15, 0.2) is 66.7 Å². The van der Waals surface area contributed by atoms with Crippen LogP contribution < -0.4 is 10.1 Å². The molecule has 0 aliphatic carbocycles. The number of amides is 1. The zero-order chi connectivity index (χ0) is 20.3. The van der Waals surface area contributed by atoms with Crippen molar-refractivity contribution in [3.05, 3.63) is 88.7 Å². The van der Waals surface area contributed by atoms with Crippen LogP contribution in [0.1, 0.15) is 15.9 Å². The number of alkyl halides is 3. The summed E-state index contributed by atoms with van der Waals surface area (Å²) in [5.74, 6) is -1.23. The monoisotopic (exact) mass is 409 g/mol. The summed E-state index contributed by atoms with van der Waals surface area (Å²) in [6, 6.07) is 14.1. The first-order valence-corrected chi connectivity index (χ1v) is 8.32. The lowest BCUT2D eigenvalue weighted by Gasteiger charge is -2.12. The quantitative estimate of drug-likeness (QED) is 0.497. The molecule has 144 valence electrons. The third-order valence-electron chi connectivity index (χ3n) is 3.72. The molecule has 0 aliphatic rings. The van der Waals surface area contributed by atoms with Gasteiger partial charge in [0, 0.05) is 5.69 Å². The van der Waals surface area contributed by atoms with Crippen molar-refractivity contribution >= 4 is 23.2 Å². The van der Waals surface area contributed by atoms with Crippen LogP contribution in [0, 0.1) is 5.82 Å². The van der Waals surface area contributed by atoms with Crippen LogP contribution in [-0.4, -0.2) is 5.91 Å². The van der Waals surface area contributed by atoms with Gasteiger partial charge in [0.05, 0.1) is 16.1 Å². The Labute approximate surface area is 162 Å². The molecule has 0 unspecified atom stereocenters. The average molecular weight is 410 g/mol. The number of benzene rings is 3. The molecule has 0 aliphatic heterocycles. The van der Waals surface area contributed by atoms with Crippen LogP contribution in [0.4, 0.5) is 23.2 Å². The number of rotatable bonds is 4. The average Bonchev–Trinajstić information content (AvgIpc) is 2.64. The number of anilines is 1. The second-order valence-corrected chi connectivity index (χ2v) is 6.11. The van der Waals surface area contributed by atoms with Gasteiger partial charge < -0.3 is 10.1 Å². The minimum absolute atomic E-state index is 0.0185. The van der Waals surface area contributed by atoms with Gasteiger partial charge in [-0.05, 0) is 54.6 Å². The zero-order valence-corrected chi connectivity index (χ0v) is 14.8. The van der Waals surface area contributed by atoms with Crippen LogP contribution in [-0.2, 0) is 6.18 Å². The van der Waals surface area contributed by atoms with Gasteiger partial charge in [-0.15, -0.1) is 0 Å². The van der Waals surface area contributed by atoms with Gasteiger partial charge in [-0.1, -0.05) is 23.7 Å². The van der Waals surface area contributed by atoms with Crippen LogP contribution in [0.5, 0.6) is 11.5 Å². The lowest BCUT2D eigenvalue weighted by Crippen LogP contribution is -2.13. The van der Waals surface area contributed by atoms with Crippen molar-refractivity contribution in [2.24, 2.45) is 0 Å². The molecule has 28 heavy (non-hydrogen) atoms. The number of halogens is 5. The Morgan fingerprint density at radius 2 is 1.64 bits per heavy atom. The van der Waals surface area contributed by atoms with E-state index in [1.165, 1.54) is 48.5 Å². The molecule has 3 nitrogen and oxygen atoms in total. The fraction of sp³-hybridized carbons (Fsp3) is 0.0500. The van der Waals surface area contributed by atoms with Gasteiger partial charge in [-0.25, -0.2) is 4.39 Å². The third kappa shape index (κ3) is 4.61. The van der Waals surface area contributed by atoms with E-state index < -0.39 is 23.5 Å². The molecule has 0 aromatic heterocycles. The van der Waals surface area contributed by atoms with Gasteiger partial charge in [-0.3, -0.25) is 4.79 Å². The molecule has 0 atom stereocenters. The standard InChI is InChI=1S/C20H12ClF4NO2/c21-16-10-5-12(20(23,24)25)11-18(16)28-14-8-6-13(7-9-14)26-19(27)15-3-1-2-4-17(15)22/h1-11H,(H,26,27). The van der Waals surface area contributed by atoms with Crippen LogP contribution in [0.2, 0.25) is 5.02 Å². The van der Waals surface area contributed by atoms with E-state index in [-0.39, 0.29) is 22.1 Å². The fourth-order valence-electron chi connectivity index (χ4n) is 2.33. The second-order valence-electron chi connectivity index (χ2n) is 5.70. The van der Waals surface area contributed by atoms with E-state index in [1.807, 2.05) is 0 Å². The first-order chi connectivity index (χ1) is 13.2. The van der Waals surface area contributed by atoms with Gasteiger partial charge in [-0.2, -0.15) is 13.2 Å². The van der Waals surface area contributed by atoms with Gasteiger partial charge in [0.25, 0.3) is 5.91 Å². The zero-order valence-electron chi connectivity index (χ0n) is 14.1. The molecule has 1 amide bonds. The van der Waals surface area contributed by atoms with E-state index in [9.17, 15) is 22.4 Å². The maximum Gasteiger partial charge on any atom is 0.416 e. The van der Waals surface area contributed by atoms with Crippen molar-refractivity contribution in [2.45, 2.75) is 6.18 Å². The van der Waals surface area contributed by atoms with Gasteiger partial charge in [0.2, 0.25) is 0 Å². The van der Waals surface area contributed by atoms with Crippen molar-refractivity contribution in [3.8, 4) is 11.5 Å². The van der Waals surface area contributed by atoms with Crippen molar-refractivity contribution in [2.75, 3.05) is 5.32 Å². The number of carbonyl (C=O) groups is 1. The summed E-state index contributed by atoms with van der Waals surface area (Å²) >= 11 is 5.89. The largest absolute Gasteiger partial charge is 0.456 e. The maximum atomic E-state index is 13.6. The topological polar surface area (TPSA) is 38.3 Å². The van der Waals surface area contributed by atoms with Gasteiger partial charge >= 0.3 is 6.18 Å². The third-order valence-corrected chi connectivity index (χ3v) is 4.03. The SMILES string of the molecule is O=C(Nc1ccc(Oc2cc(C(F)(F)F)ccc2Cl)cc1)c1ccccc1F. The summed E-state index contributed by atoms with van der Waals surface area (Å²) in [5, 5.41) is 2.54. The predicted molar refractivity (Wildman–Crippen MR) is 97.3 cm³/mol. The van der Waals surface area contributed by atoms with E-state index in [0.717, 1.165) is 18.2 Å². The number of ether oxygens (including phenoxy) is 1. The molecule has 0 fully saturated rings. The normalized spacial score (nSPS) is 11.2. The van der Waals surface area contributed by atoms with E-state index in [4.69, 9.17) is 16.3 Å². The van der Waals surface area contributed by atoms with Crippen LogP contribution in [0.3, 0.4) is 0 Å². The Kier molecular flexibility index (Phi) is 5.56. The Morgan fingerprint density at radius 3 is 2.29 bits per heavy atom. The van der Waals surface area contributed by atoms with Crippen LogP contribution >= 0.6 is 11.6 Å². The summed E-state index contributed by atoms with van der Waals surface area (Å²) in [5.41, 5.74) is -0.644. The number of hydrogen-bond acceptors (Lipinski definition) is 2. The molecule has 0 saturated heterocycles. The van der Waals surface area contributed by atoms with Gasteiger partial charge in [0.15, 0.2) is 0 Å². The highest BCUT2D eigenvalue weighted by molar-refractivity contribution is 6.32. The van der Waals surface area contributed by atoms with E-state index in [1.54, 1.807) is 0 Å². The Morgan fingerprint density at radius 1 is 0.964 bits per heavy atom. The summed E-state index contributed by atoms with van der Waals surface area (Å²) < 4.78 is 57.5. The molecule has 0 saturated carbocycles. The number of carbonyl (C=O) groups excluding carboxylic acids is 1. The lowest BCUT2D eigenvalue weighted by molar-refractivity contribution is -0.137. The van der Waals surface area contributed by atoms with Crippen molar-refractivity contribution < 1.29 is 27.1 Å². The summed E-state index contributed by atoms with van der Waals surface area (Å²) in [7, 11) is 0. The van der Waals surface area contributed by atoms with Crippen molar-refractivity contribution in [1.29, 1.82) is 0 Å². The van der Waals surface area contributed by atoms with Crippen molar-refractivity contribution in [3.63, 3.8) is 0 Å². The highest BCUT2D eigenvalue weighted by atomic mass is 35.5. The van der Waals surface area contributed by atoms with Crippen molar-refractivity contribution in [1.82, 2.24) is 0 Å². The Hall–Kier alpha value is -3.06. The lowest BCUT2D eigenvalue weighted by atomic mass is 10.2. The molecule has 3 aromatic carbocycles. The minimum atomic E-state index is -4.52. The summed E-state index contributed by atoms with van der Waals surface area (Å²) in [6.07, 6.45) is -4.52. The Bertz CT molecular complexity index is 1000. The molecule has 0 heterocycles. The molecular weight excluding hydrogens is 398 g/mol. The maximum absolute atomic E-state index is 13.6. The van der Waals surface area contributed by atoms with E-state index >= 15 is 0 Å². The molecule has 0 spiro atoms. The molecule has 1 N–H and O–H groups in total. The Balaban J connectivity index is 1.73. The summed E-state index contributed by atoms with van der Waals surface area (Å²) in [4.78, 5) is 12.1. The molecule has 0 bridgehead atoms. The van der Waals surface area contributed by atoms with Gasteiger partial charge in [0.1, 0.15) is 17.3 Å². The number of hydrogen-bond donors (Lipinski definition) is 1. The molecule has 3 aromatic rings. The minimum Gasteiger partial charge on any atom is -0.456 e. The first kappa shape index (κ1) is 19.7. The first-order valence-electron chi connectivity index (χ1n) is 7.94. The van der Waals surface area contributed by atoms with E-state index in [0.29, 0.717) is 5.69 Å². The highest BCUT2D eigenvalue weighted by Gasteiger charge is 2.31. The smallest absolute Gasteiger partial charge is 0.416 e. The summed E-state index contributed by atoms with van der Waals surface area (Å²) in [6.45, 7) is 0. The second kappa shape index (κ2) is 7.90. The molecular formula is C20H12ClF4NO2.